The highest BCUT2D eigenvalue weighted by atomic mass is 32.2. The summed E-state index contributed by atoms with van der Waals surface area (Å²) < 4.78 is 13.2. The van der Waals surface area contributed by atoms with Gasteiger partial charge in [-0.15, -0.1) is 11.8 Å². The number of benzene rings is 1. The van der Waals surface area contributed by atoms with Crippen molar-refractivity contribution in [1.29, 1.82) is 0 Å². The van der Waals surface area contributed by atoms with Gasteiger partial charge in [-0.3, -0.25) is 9.78 Å². The third-order valence-electron chi connectivity index (χ3n) is 2.89. The van der Waals surface area contributed by atoms with Gasteiger partial charge >= 0.3 is 0 Å². The van der Waals surface area contributed by atoms with Gasteiger partial charge in [0.05, 0.1) is 0 Å². The van der Waals surface area contributed by atoms with Crippen molar-refractivity contribution >= 4 is 23.6 Å². The Morgan fingerprint density at radius 2 is 2.21 bits per heavy atom. The number of nitrogens with zero attached hydrogens (tertiary/aromatic N) is 1. The number of rotatable bonds is 1. The zero-order valence-corrected chi connectivity index (χ0v) is 10.8. The molecule has 1 aromatic carbocycles. The van der Waals surface area contributed by atoms with Crippen molar-refractivity contribution in [2.75, 3.05) is 5.75 Å². The maximum absolute atomic E-state index is 13.2. The molecule has 0 fully saturated rings. The molecule has 0 saturated carbocycles. The molecule has 2 heterocycles. The van der Waals surface area contributed by atoms with Crippen molar-refractivity contribution in [3.8, 4) is 0 Å². The first-order chi connectivity index (χ1) is 9.24. The van der Waals surface area contributed by atoms with E-state index in [1.807, 2.05) is 18.2 Å². The van der Waals surface area contributed by atoms with Gasteiger partial charge in [-0.2, -0.15) is 0 Å². The predicted molar refractivity (Wildman–Crippen MR) is 73.7 cm³/mol. The monoisotopic (exact) mass is 271 g/mol. The molecule has 0 atom stereocenters. The maximum atomic E-state index is 13.2. The van der Waals surface area contributed by atoms with Crippen molar-refractivity contribution in [3.05, 3.63) is 65.2 Å². The zero-order valence-electron chi connectivity index (χ0n) is 9.97. The van der Waals surface area contributed by atoms with Crippen LogP contribution in [0.25, 0.3) is 6.08 Å². The Morgan fingerprint density at radius 1 is 1.32 bits per heavy atom. The maximum Gasteiger partial charge on any atom is 0.191 e. The van der Waals surface area contributed by atoms with Gasteiger partial charge in [0.15, 0.2) is 5.78 Å². The number of hydrogen-bond donors (Lipinski definition) is 0. The molecular weight excluding hydrogens is 261 g/mol. The van der Waals surface area contributed by atoms with Crippen molar-refractivity contribution in [1.82, 2.24) is 4.98 Å². The number of carbonyl (C=O) groups is 1. The van der Waals surface area contributed by atoms with E-state index in [-0.39, 0.29) is 11.6 Å². The van der Waals surface area contributed by atoms with Gasteiger partial charge in [0.2, 0.25) is 0 Å². The lowest BCUT2D eigenvalue weighted by Gasteiger charge is -2.16. The summed E-state index contributed by atoms with van der Waals surface area (Å²) in [5.41, 5.74) is 2.01. The Kier molecular flexibility index (Phi) is 3.17. The second-order valence-electron chi connectivity index (χ2n) is 4.21. The van der Waals surface area contributed by atoms with Crippen molar-refractivity contribution in [3.63, 3.8) is 0 Å². The van der Waals surface area contributed by atoms with E-state index < -0.39 is 0 Å². The fraction of sp³-hybridized carbons (Fsp3) is 0.0667. The summed E-state index contributed by atoms with van der Waals surface area (Å²) in [5, 5.41) is 0. The first-order valence-electron chi connectivity index (χ1n) is 5.82. The molecular formula is C15H10FNOS. The Bertz CT molecular complexity index is 667. The highest BCUT2D eigenvalue weighted by Crippen LogP contribution is 2.33. The smallest absolute Gasteiger partial charge is 0.191 e. The topological polar surface area (TPSA) is 30.0 Å². The van der Waals surface area contributed by atoms with E-state index in [2.05, 4.69) is 4.98 Å². The Morgan fingerprint density at radius 3 is 3.00 bits per heavy atom. The molecule has 0 radical (unpaired) electrons. The summed E-state index contributed by atoms with van der Waals surface area (Å²) in [6, 6.07) is 8.06. The summed E-state index contributed by atoms with van der Waals surface area (Å²) >= 11 is 1.55. The van der Waals surface area contributed by atoms with Gasteiger partial charge < -0.3 is 0 Å². The zero-order chi connectivity index (χ0) is 13.2. The molecule has 94 valence electrons. The van der Waals surface area contributed by atoms with Gasteiger partial charge in [0.1, 0.15) is 5.82 Å². The molecule has 0 unspecified atom stereocenters. The number of fused-ring (bicyclic) bond motifs is 1. The van der Waals surface area contributed by atoms with E-state index >= 15 is 0 Å². The summed E-state index contributed by atoms with van der Waals surface area (Å²) in [7, 11) is 0. The lowest BCUT2D eigenvalue weighted by Crippen LogP contribution is -2.12. The second-order valence-corrected chi connectivity index (χ2v) is 5.23. The standard InChI is InChI=1S/C15H10FNOS/c16-12-3-4-14-13(7-12)15(18)11(9-19-14)6-10-2-1-5-17-8-10/h1-8H,9H2/b11-6+. The number of pyridine rings is 1. The van der Waals surface area contributed by atoms with Crippen LogP contribution in [0.1, 0.15) is 15.9 Å². The number of carbonyl (C=O) groups excluding carboxylic acids is 1. The molecule has 0 bridgehead atoms. The molecule has 2 nitrogen and oxygen atoms in total. The van der Waals surface area contributed by atoms with Crippen LogP contribution in [0.15, 0.2) is 53.2 Å². The fourth-order valence-electron chi connectivity index (χ4n) is 1.97. The van der Waals surface area contributed by atoms with Crippen LogP contribution < -0.4 is 0 Å². The van der Waals surface area contributed by atoms with Gasteiger partial charge in [-0.05, 0) is 35.9 Å². The predicted octanol–water partition coefficient (Wildman–Crippen LogP) is 3.59. The minimum atomic E-state index is -0.379. The van der Waals surface area contributed by atoms with E-state index in [1.54, 1.807) is 30.2 Å². The lowest BCUT2D eigenvalue weighted by atomic mass is 10.0. The largest absolute Gasteiger partial charge is 0.289 e. The average Bonchev–Trinajstić information content (AvgIpc) is 2.44. The van der Waals surface area contributed by atoms with Crippen molar-refractivity contribution in [2.45, 2.75) is 4.90 Å². The molecule has 0 N–H and O–H groups in total. The van der Waals surface area contributed by atoms with E-state index in [9.17, 15) is 9.18 Å². The van der Waals surface area contributed by atoms with Crippen LogP contribution in [0, 0.1) is 5.82 Å². The van der Waals surface area contributed by atoms with E-state index in [0.717, 1.165) is 10.5 Å². The Labute approximate surface area is 114 Å². The molecule has 2 aromatic rings. The summed E-state index contributed by atoms with van der Waals surface area (Å²) in [4.78, 5) is 17.2. The van der Waals surface area contributed by atoms with Crippen LogP contribution in [-0.2, 0) is 0 Å². The van der Waals surface area contributed by atoms with Crippen LogP contribution in [0.3, 0.4) is 0 Å². The van der Waals surface area contributed by atoms with Crippen LogP contribution in [0.5, 0.6) is 0 Å². The van der Waals surface area contributed by atoms with Gasteiger partial charge in [-0.1, -0.05) is 6.07 Å². The molecule has 0 aliphatic carbocycles. The highest BCUT2D eigenvalue weighted by Gasteiger charge is 2.22. The first-order valence-corrected chi connectivity index (χ1v) is 6.80. The molecule has 3 rings (SSSR count). The highest BCUT2D eigenvalue weighted by molar-refractivity contribution is 7.99. The first kappa shape index (κ1) is 12.1. The second kappa shape index (κ2) is 4.97. The molecule has 0 saturated heterocycles. The molecule has 4 heteroatoms. The number of aromatic nitrogens is 1. The minimum Gasteiger partial charge on any atom is -0.289 e. The average molecular weight is 271 g/mol. The van der Waals surface area contributed by atoms with Crippen molar-refractivity contribution < 1.29 is 9.18 Å². The minimum absolute atomic E-state index is 0.0999. The summed E-state index contributed by atoms with van der Waals surface area (Å²) in [6.07, 6.45) is 5.20. The third kappa shape index (κ3) is 2.44. The van der Waals surface area contributed by atoms with E-state index in [0.29, 0.717) is 16.9 Å². The quantitative estimate of drug-likeness (QED) is 0.742. The van der Waals surface area contributed by atoms with Gasteiger partial charge in [0.25, 0.3) is 0 Å². The van der Waals surface area contributed by atoms with Gasteiger partial charge in [-0.25, -0.2) is 4.39 Å². The van der Waals surface area contributed by atoms with Crippen LogP contribution >= 0.6 is 11.8 Å². The third-order valence-corrected chi connectivity index (χ3v) is 4.01. The molecule has 19 heavy (non-hydrogen) atoms. The lowest BCUT2D eigenvalue weighted by molar-refractivity contribution is 0.103. The number of halogens is 1. The number of Topliss-reactive ketones (excluding diaryl/α,β-unsaturated/α-hetero) is 1. The Hall–Kier alpha value is -1.94. The summed E-state index contributed by atoms with van der Waals surface area (Å²) in [6.45, 7) is 0. The fourth-order valence-corrected chi connectivity index (χ4v) is 2.97. The molecule has 1 aromatic heterocycles. The van der Waals surface area contributed by atoms with E-state index in [1.165, 1.54) is 12.1 Å². The molecule has 0 amide bonds. The van der Waals surface area contributed by atoms with E-state index in [4.69, 9.17) is 0 Å². The van der Waals surface area contributed by atoms with Crippen LogP contribution in [0.4, 0.5) is 4.39 Å². The van der Waals surface area contributed by atoms with Crippen LogP contribution in [0.2, 0.25) is 0 Å². The Balaban J connectivity index is 2.00. The SMILES string of the molecule is O=C1/C(=C/c2cccnc2)CSc2ccc(F)cc21. The molecule has 0 spiro atoms. The van der Waals surface area contributed by atoms with Crippen molar-refractivity contribution in [2.24, 2.45) is 0 Å². The van der Waals surface area contributed by atoms with Crippen LogP contribution in [-0.4, -0.2) is 16.5 Å². The molecule has 1 aliphatic rings. The molecule has 1 aliphatic heterocycles. The number of thioether (sulfide) groups is 1. The summed E-state index contributed by atoms with van der Waals surface area (Å²) in [5.74, 6) is 0.124. The number of hydrogen-bond acceptors (Lipinski definition) is 3. The normalized spacial score (nSPS) is 16.5. The number of ketones is 1. The van der Waals surface area contributed by atoms with Gasteiger partial charge in [0, 0.05) is 34.2 Å².